The quantitative estimate of drug-likeness (QED) is 0.782. The maximum atomic E-state index is 9.43. The van der Waals surface area contributed by atoms with Crippen LogP contribution in [0.4, 0.5) is 0 Å². The summed E-state index contributed by atoms with van der Waals surface area (Å²) in [5, 5.41) is 9.43. The van der Waals surface area contributed by atoms with Gasteiger partial charge in [-0.25, -0.2) is 0 Å². The Bertz CT molecular complexity index is 352. The Morgan fingerprint density at radius 1 is 1.28 bits per heavy atom. The van der Waals surface area contributed by atoms with Crippen molar-refractivity contribution in [1.29, 1.82) is 0 Å². The van der Waals surface area contributed by atoms with Crippen LogP contribution in [0, 0.1) is 5.92 Å². The lowest BCUT2D eigenvalue weighted by Crippen LogP contribution is -2.42. The van der Waals surface area contributed by atoms with E-state index < -0.39 is 0 Å². The molecule has 0 aliphatic carbocycles. The average Bonchev–Trinajstić information content (AvgIpc) is 2.35. The molecule has 0 amide bonds. The van der Waals surface area contributed by atoms with Crippen molar-refractivity contribution in [2.45, 2.75) is 45.8 Å². The van der Waals surface area contributed by atoms with Crippen molar-refractivity contribution in [1.82, 2.24) is 0 Å². The van der Waals surface area contributed by atoms with Gasteiger partial charge in [-0.15, -0.1) is 0 Å². The molecule has 0 bridgehead atoms. The van der Waals surface area contributed by atoms with Gasteiger partial charge in [-0.2, -0.15) is 0 Å². The van der Waals surface area contributed by atoms with Gasteiger partial charge in [-0.3, -0.25) is 0 Å². The van der Waals surface area contributed by atoms with E-state index in [4.69, 9.17) is 10.5 Å². The van der Waals surface area contributed by atoms with Gasteiger partial charge in [-0.1, -0.05) is 39.0 Å². The molecule has 0 aromatic heterocycles. The van der Waals surface area contributed by atoms with Crippen LogP contribution in [0.5, 0.6) is 5.75 Å². The third-order valence-corrected chi connectivity index (χ3v) is 3.03. The first-order chi connectivity index (χ1) is 8.58. The van der Waals surface area contributed by atoms with E-state index >= 15 is 0 Å². The van der Waals surface area contributed by atoms with Crippen LogP contribution < -0.4 is 10.5 Å². The van der Waals surface area contributed by atoms with E-state index in [1.54, 1.807) is 0 Å². The summed E-state index contributed by atoms with van der Waals surface area (Å²) >= 11 is 0. The molecule has 0 saturated heterocycles. The molecular formula is C15H25NO2. The Hall–Kier alpha value is -1.06. The van der Waals surface area contributed by atoms with Crippen molar-refractivity contribution in [2.75, 3.05) is 6.61 Å². The van der Waals surface area contributed by atoms with E-state index in [2.05, 4.69) is 20.8 Å². The molecule has 0 aliphatic rings. The fraction of sp³-hybridized carbons (Fsp3) is 0.600. The number of para-hydroxylation sites is 1. The number of ether oxygens (including phenoxy) is 1. The highest BCUT2D eigenvalue weighted by atomic mass is 16.5. The van der Waals surface area contributed by atoms with Gasteiger partial charge in [0, 0.05) is 6.04 Å². The third-order valence-electron chi connectivity index (χ3n) is 3.03. The second-order valence-electron chi connectivity index (χ2n) is 5.09. The first-order valence-electron chi connectivity index (χ1n) is 6.69. The van der Waals surface area contributed by atoms with Crippen molar-refractivity contribution < 1.29 is 9.84 Å². The minimum absolute atomic E-state index is 0.0497. The summed E-state index contributed by atoms with van der Waals surface area (Å²) in [5.41, 5.74) is 7.23. The highest BCUT2D eigenvalue weighted by Gasteiger charge is 2.20. The van der Waals surface area contributed by atoms with E-state index in [0.717, 1.165) is 24.2 Å². The minimum atomic E-state index is -0.333. The largest absolute Gasteiger partial charge is 0.486 e. The number of benzene rings is 1. The second-order valence-corrected chi connectivity index (χ2v) is 5.09. The van der Waals surface area contributed by atoms with Crippen LogP contribution in [0.1, 0.15) is 32.8 Å². The standard InChI is InChI=1S/C15H25NO2/c1-4-12-7-5-6-8-14(12)18-15(10-17)13(16)9-11(2)3/h5-8,11,13,15,17H,4,9-10,16H2,1-3H3. The average molecular weight is 251 g/mol. The van der Waals surface area contributed by atoms with Gasteiger partial charge in [-0.05, 0) is 30.4 Å². The van der Waals surface area contributed by atoms with Crippen LogP contribution in [-0.2, 0) is 6.42 Å². The SMILES string of the molecule is CCc1ccccc1OC(CO)C(N)CC(C)C. The summed E-state index contributed by atoms with van der Waals surface area (Å²) in [7, 11) is 0. The van der Waals surface area contributed by atoms with Gasteiger partial charge in [0.15, 0.2) is 0 Å². The molecule has 18 heavy (non-hydrogen) atoms. The molecule has 1 aromatic rings. The highest BCUT2D eigenvalue weighted by molar-refractivity contribution is 5.33. The van der Waals surface area contributed by atoms with Crippen LogP contribution in [0.2, 0.25) is 0 Å². The number of hydrogen-bond donors (Lipinski definition) is 2. The monoisotopic (exact) mass is 251 g/mol. The first kappa shape index (κ1) is 15.0. The zero-order valence-electron chi connectivity index (χ0n) is 11.6. The predicted octanol–water partition coefficient (Wildman–Crippen LogP) is 2.36. The molecule has 3 heteroatoms. The minimum Gasteiger partial charge on any atom is -0.486 e. The van der Waals surface area contributed by atoms with Crippen molar-refractivity contribution in [3.63, 3.8) is 0 Å². The number of aliphatic hydroxyl groups excluding tert-OH is 1. The maximum Gasteiger partial charge on any atom is 0.137 e. The molecule has 3 N–H and O–H groups in total. The summed E-state index contributed by atoms with van der Waals surface area (Å²) in [6.07, 6.45) is 1.42. The van der Waals surface area contributed by atoms with Crippen molar-refractivity contribution in [3.8, 4) is 5.75 Å². The van der Waals surface area contributed by atoms with E-state index in [1.165, 1.54) is 0 Å². The molecule has 0 heterocycles. The van der Waals surface area contributed by atoms with Gasteiger partial charge < -0.3 is 15.6 Å². The third kappa shape index (κ3) is 4.31. The topological polar surface area (TPSA) is 55.5 Å². The van der Waals surface area contributed by atoms with Gasteiger partial charge >= 0.3 is 0 Å². The molecule has 3 nitrogen and oxygen atoms in total. The summed E-state index contributed by atoms with van der Waals surface area (Å²) in [5.74, 6) is 1.33. The summed E-state index contributed by atoms with van der Waals surface area (Å²) in [6.45, 7) is 6.28. The van der Waals surface area contributed by atoms with Crippen molar-refractivity contribution >= 4 is 0 Å². The molecule has 0 fully saturated rings. The Morgan fingerprint density at radius 2 is 1.94 bits per heavy atom. The second kappa shape index (κ2) is 7.39. The smallest absolute Gasteiger partial charge is 0.137 e. The molecule has 0 radical (unpaired) electrons. The lowest BCUT2D eigenvalue weighted by atomic mass is 10.00. The van der Waals surface area contributed by atoms with Crippen LogP contribution in [0.15, 0.2) is 24.3 Å². The first-order valence-corrected chi connectivity index (χ1v) is 6.69. The van der Waals surface area contributed by atoms with Crippen LogP contribution in [0.3, 0.4) is 0 Å². The fourth-order valence-corrected chi connectivity index (χ4v) is 2.03. The molecule has 102 valence electrons. The molecule has 0 spiro atoms. The van der Waals surface area contributed by atoms with Gasteiger partial charge in [0.1, 0.15) is 11.9 Å². The number of aryl methyl sites for hydroxylation is 1. The van der Waals surface area contributed by atoms with E-state index in [9.17, 15) is 5.11 Å². The molecular weight excluding hydrogens is 226 g/mol. The molecule has 0 aliphatic heterocycles. The van der Waals surface area contributed by atoms with E-state index in [0.29, 0.717) is 5.92 Å². The normalized spacial score (nSPS) is 14.6. The Kier molecular flexibility index (Phi) is 6.16. The summed E-state index contributed by atoms with van der Waals surface area (Å²) in [6, 6.07) is 7.77. The van der Waals surface area contributed by atoms with E-state index in [-0.39, 0.29) is 18.8 Å². The predicted molar refractivity (Wildman–Crippen MR) is 74.8 cm³/mol. The number of aliphatic hydroxyl groups is 1. The lowest BCUT2D eigenvalue weighted by Gasteiger charge is -2.25. The van der Waals surface area contributed by atoms with Crippen LogP contribution in [0.25, 0.3) is 0 Å². The van der Waals surface area contributed by atoms with Crippen LogP contribution in [-0.4, -0.2) is 23.9 Å². The summed E-state index contributed by atoms with van der Waals surface area (Å²) in [4.78, 5) is 0. The van der Waals surface area contributed by atoms with Crippen molar-refractivity contribution in [3.05, 3.63) is 29.8 Å². The summed E-state index contributed by atoms with van der Waals surface area (Å²) < 4.78 is 5.87. The molecule has 1 aromatic carbocycles. The fourth-order valence-electron chi connectivity index (χ4n) is 2.03. The molecule has 0 saturated carbocycles. The van der Waals surface area contributed by atoms with Gasteiger partial charge in [0.25, 0.3) is 0 Å². The zero-order chi connectivity index (χ0) is 13.5. The Labute approximate surface area is 110 Å². The zero-order valence-corrected chi connectivity index (χ0v) is 11.6. The van der Waals surface area contributed by atoms with Gasteiger partial charge in [0.05, 0.1) is 6.61 Å². The number of hydrogen-bond acceptors (Lipinski definition) is 3. The Morgan fingerprint density at radius 3 is 2.50 bits per heavy atom. The molecule has 2 atom stereocenters. The lowest BCUT2D eigenvalue weighted by molar-refractivity contribution is 0.0874. The Balaban J connectivity index is 2.73. The van der Waals surface area contributed by atoms with Crippen LogP contribution >= 0.6 is 0 Å². The molecule has 1 rings (SSSR count). The number of nitrogens with two attached hydrogens (primary N) is 1. The van der Waals surface area contributed by atoms with E-state index in [1.807, 2.05) is 24.3 Å². The maximum absolute atomic E-state index is 9.43. The number of rotatable bonds is 7. The highest BCUT2D eigenvalue weighted by Crippen LogP contribution is 2.21. The van der Waals surface area contributed by atoms with Gasteiger partial charge in [0.2, 0.25) is 0 Å². The molecule has 2 unspecified atom stereocenters. The van der Waals surface area contributed by atoms with Crippen molar-refractivity contribution in [2.24, 2.45) is 11.7 Å².